The number of nitrogens with zero attached hydrogens (tertiary/aromatic N) is 8. The van der Waals surface area contributed by atoms with E-state index in [0.29, 0.717) is 61.5 Å². The molecule has 1 saturated heterocycles. The van der Waals surface area contributed by atoms with Crippen molar-refractivity contribution in [3.63, 3.8) is 0 Å². The molecular weight excluding hydrogens is 496 g/mol. The van der Waals surface area contributed by atoms with Crippen LogP contribution in [0.4, 0.5) is 26.4 Å². The molecule has 0 spiro atoms. The Morgan fingerprint density at radius 3 is 2.63 bits per heavy atom. The van der Waals surface area contributed by atoms with Crippen molar-refractivity contribution in [2.75, 3.05) is 63.8 Å². The first-order valence-electron chi connectivity index (χ1n) is 12.3. The highest BCUT2D eigenvalue weighted by Crippen LogP contribution is 2.28. The number of morpholine rings is 1. The number of benzene rings is 1. The van der Waals surface area contributed by atoms with Gasteiger partial charge in [-0.05, 0) is 38.7 Å². The Morgan fingerprint density at radius 1 is 1.05 bits per heavy atom. The van der Waals surface area contributed by atoms with Gasteiger partial charge in [-0.25, -0.2) is 18.7 Å². The number of anilines is 3. The van der Waals surface area contributed by atoms with Crippen LogP contribution in [0.25, 0.3) is 17.0 Å². The summed E-state index contributed by atoms with van der Waals surface area (Å²) >= 11 is 0. The lowest BCUT2D eigenvalue weighted by Crippen LogP contribution is -2.37. The molecule has 0 unspecified atom stereocenters. The number of ether oxygens (including phenoxy) is 2. The van der Waals surface area contributed by atoms with Crippen LogP contribution in [0.3, 0.4) is 0 Å². The average molecular weight is 526 g/mol. The number of fused-ring (bicyclic) bond motifs is 1. The lowest BCUT2D eigenvalue weighted by molar-refractivity contribution is 0.122. The second-order valence-electron chi connectivity index (χ2n) is 8.97. The summed E-state index contributed by atoms with van der Waals surface area (Å²) in [7, 11) is 4.02. The van der Waals surface area contributed by atoms with Crippen molar-refractivity contribution in [2.24, 2.45) is 0 Å². The maximum atomic E-state index is 14.0. The number of alkyl halides is 2. The van der Waals surface area contributed by atoms with Crippen LogP contribution in [0.15, 0.2) is 42.6 Å². The highest BCUT2D eigenvalue weighted by atomic mass is 19.3. The van der Waals surface area contributed by atoms with E-state index < -0.39 is 12.2 Å². The molecule has 0 aliphatic carbocycles. The third-order valence-corrected chi connectivity index (χ3v) is 5.88. The molecule has 11 nitrogen and oxygen atoms in total. The fourth-order valence-corrected chi connectivity index (χ4v) is 4.07. The highest BCUT2D eigenvalue weighted by molar-refractivity contribution is 5.77. The van der Waals surface area contributed by atoms with Crippen molar-refractivity contribution < 1.29 is 18.3 Å². The molecule has 0 radical (unpaired) electrons. The van der Waals surface area contributed by atoms with Crippen LogP contribution in [-0.4, -0.2) is 87.9 Å². The first kappa shape index (κ1) is 25.7. The summed E-state index contributed by atoms with van der Waals surface area (Å²) in [5.74, 6) is 0.611. The largest absolute Gasteiger partial charge is 0.478 e. The second-order valence-corrected chi connectivity index (χ2v) is 8.97. The molecule has 5 rings (SSSR count). The molecule has 13 heteroatoms. The number of halogens is 2. The molecule has 1 aliphatic rings. The molecule has 38 heavy (non-hydrogen) atoms. The molecule has 0 saturated carbocycles. The fourth-order valence-electron chi connectivity index (χ4n) is 4.07. The first-order valence-corrected chi connectivity index (χ1v) is 12.3. The Balaban J connectivity index is 1.49. The number of nitrogens with one attached hydrogen (secondary N) is 1. The number of rotatable bonds is 10. The molecule has 1 fully saturated rings. The van der Waals surface area contributed by atoms with Gasteiger partial charge in [0, 0.05) is 37.6 Å². The van der Waals surface area contributed by atoms with Crippen LogP contribution in [0.1, 0.15) is 18.7 Å². The van der Waals surface area contributed by atoms with Crippen LogP contribution in [-0.2, 0) is 4.74 Å². The summed E-state index contributed by atoms with van der Waals surface area (Å²) in [5, 5.41) is 3.16. The summed E-state index contributed by atoms with van der Waals surface area (Å²) in [4.78, 5) is 26.1. The summed E-state index contributed by atoms with van der Waals surface area (Å²) in [6.45, 7) is 3.58. The third-order valence-electron chi connectivity index (χ3n) is 5.88. The molecular formula is C25H29F2N9O2. The van der Waals surface area contributed by atoms with E-state index in [4.69, 9.17) is 9.47 Å². The van der Waals surface area contributed by atoms with Crippen molar-refractivity contribution >= 4 is 28.6 Å². The maximum Gasteiger partial charge on any atom is 0.296 e. The van der Waals surface area contributed by atoms with Gasteiger partial charge in [0.1, 0.15) is 0 Å². The topological polar surface area (TPSA) is 106 Å². The van der Waals surface area contributed by atoms with E-state index in [1.165, 1.54) is 4.57 Å². The van der Waals surface area contributed by atoms with Crippen LogP contribution in [0.5, 0.6) is 5.88 Å². The smallest absolute Gasteiger partial charge is 0.296 e. The molecule has 200 valence electrons. The maximum absolute atomic E-state index is 14.0. The highest BCUT2D eigenvalue weighted by Gasteiger charge is 2.24. The molecule has 1 aromatic carbocycles. The standard InChI is InChI=1S/C25H29F2N9O2/c1-34(2)10-5-13-38-20-16-17(8-9-28-20)29-23-31-24(35-11-14-37-15-12-35)33-25(32-23)36-19-7-4-3-6-18(19)30-22(36)21(26)27/h3-4,6-9,16,21H,5,10-15H2,1-2H3,(H,28,29,31,32,33). The van der Waals surface area contributed by atoms with Gasteiger partial charge in [-0.1, -0.05) is 12.1 Å². The number of pyridine rings is 1. The Morgan fingerprint density at radius 2 is 1.84 bits per heavy atom. The Hall–Kier alpha value is -3.97. The predicted molar refractivity (Wildman–Crippen MR) is 139 cm³/mol. The van der Waals surface area contributed by atoms with E-state index in [2.05, 4.69) is 35.1 Å². The number of hydrogen-bond donors (Lipinski definition) is 1. The van der Waals surface area contributed by atoms with Crippen molar-refractivity contribution in [3.8, 4) is 11.8 Å². The van der Waals surface area contributed by atoms with E-state index >= 15 is 0 Å². The summed E-state index contributed by atoms with van der Waals surface area (Å²) in [6.07, 6.45) is -0.348. The average Bonchev–Trinajstić information content (AvgIpc) is 3.32. The van der Waals surface area contributed by atoms with Gasteiger partial charge in [-0.3, -0.25) is 4.57 Å². The van der Waals surface area contributed by atoms with Gasteiger partial charge in [-0.2, -0.15) is 15.0 Å². The zero-order valence-corrected chi connectivity index (χ0v) is 21.2. The molecule has 3 aromatic heterocycles. The quantitative estimate of drug-likeness (QED) is 0.310. The van der Waals surface area contributed by atoms with Crippen molar-refractivity contribution in [2.45, 2.75) is 12.8 Å². The van der Waals surface area contributed by atoms with Gasteiger partial charge in [0.25, 0.3) is 6.43 Å². The zero-order valence-electron chi connectivity index (χ0n) is 21.2. The molecule has 1 aliphatic heterocycles. The molecule has 0 bridgehead atoms. The minimum atomic E-state index is -2.82. The zero-order chi connectivity index (χ0) is 26.5. The van der Waals surface area contributed by atoms with Gasteiger partial charge < -0.3 is 24.6 Å². The van der Waals surface area contributed by atoms with Gasteiger partial charge in [0.05, 0.1) is 30.9 Å². The minimum Gasteiger partial charge on any atom is -0.478 e. The van der Waals surface area contributed by atoms with Crippen molar-refractivity contribution in [1.29, 1.82) is 0 Å². The van der Waals surface area contributed by atoms with Crippen LogP contribution >= 0.6 is 0 Å². The lowest BCUT2D eigenvalue weighted by atomic mass is 10.3. The monoisotopic (exact) mass is 525 g/mol. The lowest BCUT2D eigenvalue weighted by Gasteiger charge is -2.27. The Bertz CT molecular complexity index is 1380. The summed E-state index contributed by atoms with van der Waals surface area (Å²) in [6, 6.07) is 10.4. The second kappa shape index (κ2) is 11.6. The first-order chi connectivity index (χ1) is 18.5. The molecule has 4 heterocycles. The van der Waals surface area contributed by atoms with Crippen LogP contribution in [0.2, 0.25) is 0 Å². The predicted octanol–water partition coefficient (Wildman–Crippen LogP) is 3.45. The van der Waals surface area contributed by atoms with Gasteiger partial charge in [0.15, 0.2) is 5.82 Å². The number of imidazole rings is 1. The van der Waals surface area contributed by atoms with E-state index in [-0.39, 0.29) is 11.9 Å². The number of hydrogen-bond acceptors (Lipinski definition) is 10. The van der Waals surface area contributed by atoms with E-state index in [1.54, 1.807) is 42.6 Å². The van der Waals surface area contributed by atoms with Crippen LogP contribution < -0.4 is 15.0 Å². The fraction of sp³-hybridized carbons (Fsp3) is 0.400. The molecule has 1 N–H and O–H groups in total. The van der Waals surface area contributed by atoms with Gasteiger partial charge >= 0.3 is 0 Å². The van der Waals surface area contributed by atoms with Crippen molar-refractivity contribution in [1.82, 2.24) is 34.4 Å². The SMILES string of the molecule is CN(C)CCCOc1cc(Nc2nc(N3CCOCC3)nc(-n3c(C(F)F)nc4ccccc43)n2)ccn1. The summed E-state index contributed by atoms with van der Waals surface area (Å²) < 4.78 is 40.6. The Kier molecular flexibility index (Phi) is 7.84. The van der Waals surface area contributed by atoms with Crippen molar-refractivity contribution in [3.05, 3.63) is 48.4 Å². The normalized spacial score (nSPS) is 14.0. The van der Waals surface area contributed by atoms with E-state index in [9.17, 15) is 8.78 Å². The van der Waals surface area contributed by atoms with Crippen LogP contribution in [0, 0.1) is 0 Å². The summed E-state index contributed by atoms with van der Waals surface area (Å²) in [5.41, 5.74) is 1.54. The number of para-hydroxylation sites is 2. The Labute approximate surface area is 218 Å². The molecule has 0 atom stereocenters. The van der Waals surface area contributed by atoms with E-state index in [0.717, 1.165) is 13.0 Å². The van der Waals surface area contributed by atoms with Gasteiger partial charge in [0.2, 0.25) is 23.7 Å². The van der Waals surface area contributed by atoms with E-state index in [1.807, 2.05) is 19.0 Å². The molecule has 0 amide bonds. The third kappa shape index (κ3) is 5.94. The molecule has 4 aromatic rings. The number of aromatic nitrogens is 6. The van der Waals surface area contributed by atoms with Gasteiger partial charge in [-0.15, -0.1) is 0 Å². The minimum absolute atomic E-state index is 0.0437.